The van der Waals surface area contributed by atoms with Gasteiger partial charge < -0.3 is 33.8 Å². The Labute approximate surface area is 227 Å². The fourth-order valence-electron chi connectivity index (χ4n) is 2.97. The fraction of sp³-hybridized carbons (Fsp3) is 0.538. The summed E-state index contributed by atoms with van der Waals surface area (Å²) in [5, 5.41) is 6.08. The largest absolute Gasteiger partial charge is 0.379 e. The Kier molecular flexibility index (Phi) is 16.0. The highest BCUT2D eigenvalue weighted by molar-refractivity contribution is 7.15. The Morgan fingerprint density at radius 2 is 1.37 bits per heavy atom. The van der Waals surface area contributed by atoms with Gasteiger partial charge in [-0.3, -0.25) is 14.9 Å². The lowest BCUT2D eigenvalue weighted by molar-refractivity contribution is -0.117. The van der Waals surface area contributed by atoms with E-state index in [-0.39, 0.29) is 24.8 Å². The van der Waals surface area contributed by atoms with Gasteiger partial charge in [0.25, 0.3) is 5.91 Å². The number of nitrogens with one attached hydrogen (secondary N) is 2. The number of para-hydroxylation sites is 1. The Balaban J connectivity index is 1.49. The number of hydrogen-bond donors (Lipinski definition) is 2. The van der Waals surface area contributed by atoms with Crippen LogP contribution in [0.4, 0.5) is 10.8 Å². The Bertz CT molecular complexity index is 966. The molecular weight excluding hydrogens is 514 g/mol. The predicted molar refractivity (Wildman–Crippen MR) is 144 cm³/mol. The molecule has 0 unspecified atom stereocenters. The molecule has 0 bridgehead atoms. The summed E-state index contributed by atoms with van der Waals surface area (Å²) in [5.41, 5.74) is 1.66. The first kappa shape index (κ1) is 31.5. The number of benzene rings is 1. The van der Waals surface area contributed by atoms with Gasteiger partial charge in [0.05, 0.1) is 89.4 Å². The number of anilines is 2. The molecule has 2 rings (SSSR count). The first-order valence-electron chi connectivity index (χ1n) is 12.5. The zero-order chi connectivity index (χ0) is 27.4. The third-order valence-electron chi connectivity index (χ3n) is 5.04. The van der Waals surface area contributed by atoms with Gasteiger partial charge in [0.2, 0.25) is 5.91 Å². The topological polar surface area (TPSA) is 134 Å². The minimum atomic E-state index is -0.337. The number of ether oxygens (including phenoxy) is 5. The molecule has 2 aromatic rings. The van der Waals surface area contributed by atoms with Crippen LogP contribution < -0.4 is 10.6 Å². The van der Waals surface area contributed by atoms with Crippen molar-refractivity contribution in [2.45, 2.75) is 26.7 Å². The molecular formula is C26H37N3O8S. The molecule has 12 heteroatoms. The zero-order valence-corrected chi connectivity index (χ0v) is 22.8. The summed E-state index contributed by atoms with van der Waals surface area (Å²) in [6.45, 7) is 7.92. The van der Waals surface area contributed by atoms with E-state index in [2.05, 4.69) is 15.6 Å². The average molecular weight is 552 g/mol. The molecule has 0 fully saturated rings. The monoisotopic (exact) mass is 551 g/mol. The number of aromatic nitrogens is 1. The summed E-state index contributed by atoms with van der Waals surface area (Å²) >= 11 is 1.41. The van der Waals surface area contributed by atoms with Crippen molar-refractivity contribution >= 4 is 40.3 Å². The summed E-state index contributed by atoms with van der Waals surface area (Å²) in [5.74, 6) is -0.591. The third-order valence-corrected chi connectivity index (χ3v) is 6.02. The Morgan fingerprint density at radius 1 is 0.816 bits per heavy atom. The van der Waals surface area contributed by atoms with Crippen molar-refractivity contribution in [2.75, 3.05) is 76.7 Å². The van der Waals surface area contributed by atoms with Gasteiger partial charge in [0.1, 0.15) is 6.29 Å². The molecule has 0 spiro atoms. The normalized spacial score (nSPS) is 10.9. The Hall–Kier alpha value is -2.74. The van der Waals surface area contributed by atoms with E-state index in [4.69, 9.17) is 23.7 Å². The number of aldehydes is 1. The van der Waals surface area contributed by atoms with Gasteiger partial charge in [-0.15, -0.1) is 11.3 Å². The maximum absolute atomic E-state index is 12.7. The molecule has 0 saturated heterocycles. The minimum absolute atomic E-state index is 0.145. The maximum Gasteiger partial charge on any atom is 0.259 e. The van der Waals surface area contributed by atoms with E-state index in [0.717, 1.165) is 16.9 Å². The molecule has 0 atom stereocenters. The number of carbonyl (C=O) groups is 3. The zero-order valence-electron chi connectivity index (χ0n) is 22.0. The molecule has 0 aliphatic carbocycles. The number of amides is 2. The highest BCUT2D eigenvalue weighted by atomic mass is 32.1. The lowest BCUT2D eigenvalue weighted by atomic mass is 10.1. The molecule has 11 nitrogen and oxygen atoms in total. The van der Waals surface area contributed by atoms with E-state index < -0.39 is 0 Å². The second kappa shape index (κ2) is 19.3. The minimum Gasteiger partial charge on any atom is -0.379 e. The van der Waals surface area contributed by atoms with Crippen LogP contribution in [0.2, 0.25) is 0 Å². The van der Waals surface area contributed by atoms with Crippen molar-refractivity contribution in [3.05, 3.63) is 40.4 Å². The van der Waals surface area contributed by atoms with Gasteiger partial charge in [0.15, 0.2) is 5.13 Å². The second-order valence-corrected chi connectivity index (χ2v) is 9.18. The fourth-order valence-corrected chi connectivity index (χ4v) is 3.78. The SMILES string of the molecule is Cc1nc(NC(=O)c2ccccc2NC(=O)CCOCCOCCOCCOCCOCCC=O)sc1C. The summed E-state index contributed by atoms with van der Waals surface area (Å²) in [6.07, 6.45) is 1.36. The van der Waals surface area contributed by atoms with Gasteiger partial charge in [0, 0.05) is 11.3 Å². The lowest BCUT2D eigenvalue weighted by Gasteiger charge is -2.11. The van der Waals surface area contributed by atoms with E-state index in [0.29, 0.717) is 82.3 Å². The van der Waals surface area contributed by atoms with E-state index in [1.165, 1.54) is 11.3 Å². The summed E-state index contributed by atoms with van der Waals surface area (Å²) in [7, 11) is 0. The highest BCUT2D eigenvalue weighted by Gasteiger charge is 2.15. The molecule has 1 heterocycles. The van der Waals surface area contributed by atoms with Crippen molar-refractivity contribution in [1.29, 1.82) is 0 Å². The van der Waals surface area contributed by atoms with Gasteiger partial charge in [-0.05, 0) is 26.0 Å². The van der Waals surface area contributed by atoms with Gasteiger partial charge in [-0.1, -0.05) is 12.1 Å². The quantitative estimate of drug-likeness (QED) is 0.177. The van der Waals surface area contributed by atoms with Crippen LogP contribution in [0.15, 0.2) is 24.3 Å². The standard InChI is InChI=1S/C26H37N3O8S/c1-20-21(2)38-26(27-20)29-25(32)22-6-3-4-7-23(22)28-24(31)8-11-34-13-15-36-17-19-37-18-16-35-14-12-33-10-5-9-30/h3-4,6-7,9H,5,8,10-19H2,1-2H3,(H,28,31)(H,27,29,32). The predicted octanol–water partition coefficient (Wildman–Crippen LogP) is 3.01. The van der Waals surface area contributed by atoms with E-state index in [1.54, 1.807) is 24.3 Å². The third kappa shape index (κ3) is 13.2. The summed E-state index contributed by atoms with van der Waals surface area (Å²) < 4.78 is 26.8. The first-order valence-corrected chi connectivity index (χ1v) is 13.3. The molecule has 1 aromatic carbocycles. The second-order valence-electron chi connectivity index (χ2n) is 7.98. The molecule has 0 radical (unpaired) electrons. The molecule has 1 aromatic heterocycles. The summed E-state index contributed by atoms with van der Waals surface area (Å²) in [4.78, 5) is 40.5. The van der Waals surface area contributed by atoms with Crippen molar-refractivity contribution in [3.63, 3.8) is 0 Å². The molecule has 0 aliphatic heterocycles. The maximum atomic E-state index is 12.7. The van der Waals surface area contributed by atoms with E-state index >= 15 is 0 Å². The van der Waals surface area contributed by atoms with Crippen LogP contribution in [0.5, 0.6) is 0 Å². The van der Waals surface area contributed by atoms with Crippen molar-refractivity contribution in [2.24, 2.45) is 0 Å². The molecule has 0 saturated carbocycles. The van der Waals surface area contributed by atoms with Gasteiger partial charge in [-0.2, -0.15) is 0 Å². The van der Waals surface area contributed by atoms with E-state index in [1.807, 2.05) is 13.8 Å². The summed E-state index contributed by atoms with van der Waals surface area (Å²) in [6, 6.07) is 6.82. The lowest BCUT2D eigenvalue weighted by Crippen LogP contribution is -2.19. The number of rotatable bonds is 21. The average Bonchev–Trinajstić information content (AvgIpc) is 3.22. The number of carbonyl (C=O) groups excluding carboxylic acids is 3. The van der Waals surface area contributed by atoms with Crippen LogP contribution >= 0.6 is 11.3 Å². The van der Waals surface area contributed by atoms with Crippen LogP contribution in [-0.4, -0.2) is 89.2 Å². The number of thiazole rings is 1. The highest BCUT2D eigenvalue weighted by Crippen LogP contribution is 2.23. The van der Waals surface area contributed by atoms with Crippen molar-refractivity contribution in [1.82, 2.24) is 4.98 Å². The van der Waals surface area contributed by atoms with Crippen LogP contribution in [-0.2, 0) is 33.3 Å². The number of hydrogen-bond acceptors (Lipinski definition) is 10. The van der Waals surface area contributed by atoms with E-state index in [9.17, 15) is 14.4 Å². The number of nitrogens with zero attached hydrogens (tertiary/aromatic N) is 1. The molecule has 38 heavy (non-hydrogen) atoms. The van der Waals surface area contributed by atoms with Crippen LogP contribution in [0.25, 0.3) is 0 Å². The van der Waals surface area contributed by atoms with Gasteiger partial charge in [-0.25, -0.2) is 4.98 Å². The van der Waals surface area contributed by atoms with Crippen molar-refractivity contribution < 1.29 is 38.1 Å². The smallest absolute Gasteiger partial charge is 0.259 e. The van der Waals surface area contributed by atoms with Crippen LogP contribution in [0.1, 0.15) is 33.8 Å². The number of aryl methyl sites for hydroxylation is 2. The van der Waals surface area contributed by atoms with Gasteiger partial charge >= 0.3 is 0 Å². The molecule has 210 valence electrons. The molecule has 2 N–H and O–H groups in total. The van der Waals surface area contributed by atoms with Crippen LogP contribution in [0.3, 0.4) is 0 Å². The Morgan fingerprint density at radius 3 is 1.92 bits per heavy atom. The van der Waals surface area contributed by atoms with Crippen molar-refractivity contribution in [3.8, 4) is 0 Å². The first-order chi connectivity index (χ1) is 18.5. The van der Waals surface area contributed by atoms with Crippen LogP contribution in [0, 0.1) is 13.8 Å². The molecule has 0 aliphatic rings. The molecule has 2 amide bonds.